The van der Waals surface area contributed by atoms with Crippen molar-refractivity contribution in [3.8, 4) is 5.75 Å². The van der Waals surface area contributed by atoms with Gasteiger partial charge in [-0.15, -0.1) is 0 Å². The molecule has 2 aromatic carbocycles. The van der Waals surface area contributed by atoms with Gasteiger partial charge in [0, 0.05) is 25.1 Å². The summed E-state index contributed by atoms with van der Waals surface area (Å²) in [5.74, 6) is 1.34. The number of carbonyl (C=O) groups is 1. The number of hydrogen-bond donors (Lipinski definition) is 3. The smallest absolute Gasteiger partial charge is 0.248 e. The van der Waals surface area contributed by atoms with Gasteiger partial charge in [0.05, 0.1) is 13.2 Å². The first-order valence-corrected chi connectivity index (χ1v) is 9.31. The summed E-state index contributed by atoms with van der Waals surface area (Å²) < 4.78 is 5.55. The first kappa shape index (κ1) is 18.8. The van der Waals surface area contributed by atoms with E-state index in [4.69, 9.17) is 10.5 Å². The largest absolute Gasteiger partial charge is 0.493 e. The third-order valence-electron chi connectivity index (χ3n) is 4.44. The molecule has 1 amide bonds. The number of carbonyl (C=O) groups excluding carboxylic acids is 1. The fraction of sp³-hybridized carbons (Fsp3) is 0.333. The molecule has 1 aliphatic heterocycles. The van der Waals surface area contributed by atoms with Gasteiger partial charge in [-0.05, 0) is 48.2 Å². The van der Waals surface area contributed by atoms with Gasteiger partial charge in [0.1, 0.15) is 5.75 Å². The molecule has 0 fully saturated rings. The quantitative estimate of drug-likeness (QED) is 0.517. The van der Waals surface area contributed by atoms with Gasteiger partial charge in [0.25, 0.3) is 0 Å². The van der Waals surface area contributed by atoms with Crippen LogP contribution in [0.3, 0.4) is 0 Å². The zero-order chi connectivity index (χ0) is 19.1. The zero-order valence-electron chi connectivity index (χ0n) is 15.6. The predicted octanol–water partition coefficient (Wildman–Crippen LogP) is 2.02. The van der Waals surface area contributed by atoms with Crippen LogP contribution in [0.25, 0.3) is 0 Å². The van der Waals surface area contributed by atoms with Crippen molar-refractivity contribution in [2.24, 2.45) is 10.7 Å². The number of hydrogen-bond acceptors (Lipinski definition) is 3. The number of nitrogens with zero attached hydrogens (tertiary/aromatic N) is 1. The molecule has 1 heterocycles. The van der Waals surface area contributed by atoms with Gasteiger partial charge >= 0.3 is 0 Å². The summed E-state index contributed by atoms with van der Waals surface area (Å²) in [5, 5.41) is 6.61. The van der Waals surface area contributed by atoms with E-state index in [-0.39, 0.29) is 0 Å². The van der Waals surface area contributed by atoms with Crippen molar-refractivity contribution in [2.45, 2.75) is 26.3 Å². The molecule has 0 saturated heterocycles. The van der Waals surface area contributed by atoms with E-state index in [0.717, 1.165) is 49.8 Å². The molecule has 0 radical (unpaired) electrons. The Hall–Kier alpha value is -3.02. The summed E-state index contributed by atoms with van der Waals surface area (Å²) in [6, 6.07) is 13.6. The highest BCUT2D eigenvalue weighted by Crippen LogP contribution is 2.25. The Labute approximate surface area is 159 Å². The molecule has 0 aromatic heterocycles. The number of aliphatic imine (C=N–C) groups is 1. The molecule has 3 rings (SSSR count). The van der Waals surface area contributed by atoms with Crippen molar-refractivity contribution in [2.75, 3.05) is 19.7 Å². The van der Waals surface area contributed by atoms with Crippen LogP contribution < -0.4 is 21.1 Å². The summed E-state index contributed by atoms with van der Waals surface area (Å²) in [6.45, 7) is 4.86. The Bertz CT molecular complexity index is 833. The fourth-order valence-electron chi connectivity index (χ4n) is 3.06. The predicted molar refractivity (Wildman–Crippen MR) is 107 cm³/mol. The number of amides is 1. The van der Waals surface area contributed by atoms with E-state index in [0.29, 0.717) is 12.1 Å². The maximum Gasteiger partial charge on any atom is 0.248 e. The van der Waals surface area contributed by atoms with Crippen molar-refractivity contribution >= 4 is 11.9 Å². The Morgan fingerprint density at radius 3 is 2.89 bits per heavy atom. The number of ether oxygens (including phenoxy) is 1. The van der Waals surface area contributed by atoms with Gasteiger partial charge in [-0.3, -0.25) is 4.79 Å². The maximum atomic E-state index is 11.3. The summed E-state index contributed by atoms with van der Waals surface area (Å²) in [6.07, 6.45) is 1.90. The number of nitrogens with two attached hydrogens (primary N) is 1. The number of benzene rings is 2. The minimum Gasteiger partial charge on any atom is -0.493 e. The second kappa shape index (κ2) is 9.07. The molecule has 0 bridgehead atoms. The molecule has 2 aromatic rings. The van der Waals surface area contributed by atoms with Crippen LogP contribution in [0.5, 0.6) is 5.75 Å². The van der Waals surface area contributed by atoms with Crippen LogP contribution in [0.1, 0.15) is 34.0 Å². The van der Waals surface area contributed by atoms with Gasteiger partial charge in [-0.1, -0.05) is 24.3 Å². The first-order valence-electron chi connectivity index (χ1n) is 9.31. The Morgan fingerprint density at radius 1 is 1.19 bits per heavy atom. The standard InChI is InChI=1S/C21H26N4O2/c1-2-23-21(25-14-16-4-3-5-18(13-16)20(22)26)24-10-8-15-6-7-19-17(12-15)9-11-27-19/h3-7,12-13H,2,8-11,14H2,1H3,(H2,22,26)(H2,23,24,25). The van der Waals surface area contributed by atoms with E-state index in [9.17, 15) is 4.79 Å². The molecule has 0 unspecified atom stereocenters. The third-order valence-corrected chi connectivity index (χ3v) is 4.44. The van der Waals surface area contributed by atoms with E-state index in [2.05, 4.69) is 33.8 Å². The van der Waals surface area contributed by atoms with Crippen LogP contribution in [-0.4, -0.2) is 31.6 Å². The fourth-order valence-corrected chi connectivity index (χ4v) is 3.06. The monoisotopic (exact) mass is 366 g/mol. The lowest BCUT2D eigenvalue weighted by molar-refractivity contribution is 0.1000. The van der Waals surface area contributed by atoms with Gasteiger partial charge in [0.15, 0.2) is 5.96 Å². The van der Waals surface area contributed by atoms with Crippen LogP contribution in [0, 0.1) is 0 Å². The second-order valence-electron chi connectivity index (χ2n) is 6.48. The lowest BCUT2D eigenvalue weighted by Crippen LogP contribution is -2.38. The Balaban J connectivity index is 1.56. The zero-order valence-corrected chi connectivity index (χ0v) is 15.6. The third kappa shape index (κ3) is 5.23. The highest BCUT2D eigenvalue weighted by Gasteiger charge is 2.11. The van der Waals surface area contributed by atoms with E-state index >= 15 is 0 Å². The number of fused-ring (bicyclic) bond motifs is 1. The van der Waals surface area contributed by atoms with Crippen LogP contribution in [-0.2, 0) is 19.4 Å². The van der Waals surface area contributed by atoms with Crippen LogP contribution >= 0.6 is 0 Å². The van der Waals surface area contributed by atoms with Crippen molar-refractivity contribution in [1.82, 2.24) is 10.6 Å². The number of nitrogens with one attached hydrogen (secondary N) is 2. The van der Waals surface area contributed by atoms with Crippen molar-refractivity contribution in [3.05, 3.63) is 64.7 Å². The first-order chi connectivity index (χ1) is 13.2. The molecular weight excluding hydrogens is 340 g/mol. The van der Waals surface area contributed by atoms with Gasteiger partial charge in [-0.2, -0.15) is 0 Å². The molecule has 6 heteroatoms. The lowest BCUT2D eigenvalue weighted by atomic mass is 10.1. The molecule has 0 saturated carbocycles. The Kier molecular flexibility index (Phi) is 6.30. The average molecular weight is 366 g/mol. The highest BCUT2D eigenvalue weighted by atomic mass is 16.5. The van der Waals surface area contributed by atoms with Gasteiger partial charge in [-0.25, -0.2) is 4.99 Å². The molecular formula is C21H26N4O2. The van der Waals surface area contributed by atoms with Crippen molar-refractivity contribution in [1.29, 1.82) is 0 Å². The molecule has 1 aliphatic rings. The van der Waals surface area contributed by atoms with Crippen LogP contribution in [0.4, 0.5) is 0 Å². The van der Waals surface area contributed by atoms with E-state index in [1.165, 1.54) is 11.1 Å². The molecule has 0 aliphatic carbocycles. The van der Waals surface area contributed by atoms with E-state index in [1.807, 2.05) is 19.1 Å². The molecule has 6 nitrogen and oxygen atoms in total. The molecule has 27 heavy (non-hydrogen) atoms. The van der Waals surface area contributed by atoms with Crippen molar-refractivity contribution < 1.29 is 9.53 Å². The minimum atomic E-state index is -0.425. The number of guanidine groups is 1. The molecule has 0 atom stereocenters. The van der Waals surface area contributed by atoms with Gasteiger partial charge < -0.3 is 21.1 Å². The van der Waals surface area contributed by atoms with E-state index in [1.54, 1.807) is 12.1 Å². The average Bonchev–Trinajstić information content (AvgIpc) is 3.14. The minimum absolute atomic E-state index is 0.425. The summed E-state index contributed by atoms with van der Waals surface area (Å²) >= 11 is 0. The van der Waals surface area contributed by atoms with E-state index < -0.39 is 5.91 Å². The maximum absolute atomic E-state index is 11.3. The normalized spacial score (nSPS) is 13.0. The summed E-state index contributed by atoms with van der Waals surface area (Å²) in [5.41, 5.74) is 9.36. The Morgan fingerprint density at radius 2 is 2.07 bits per heavy atom. The molecule has 142 valence electrons. The molecule has 4 N–H and O–H groups in total. The number of rotatable bonds is 7. The SMILES string of the molecule is CCNC(=NCc1cccc(C(N)=O)c1)NCCc1ccc2c(c1)CCO2. The van der Waals surface area contributed by atoms with Crippen LogP contribution in [0.2, 0.25) is 0 Å². The topological polar surface area (TPSA) is 88.7 Å². The lowest BCUT2D eigenvalue weighted by Gasteiger charge is -2.12. The molecule has 0 spiro atoms. The highest BCUT2D eigenvalue weighted by molar-refractivity contribution is 5.92. The number of primary amides is 1. The summed E-state index contributed by atoms with van der Waals surface area (Å²) in [7, 11) is 0. The van der Waals surface area contributed by atoms with Gasteiger partial charge in [0.2, 0.25) is 5.91 Å². The van der Waals surface area contributed by atoms with Crippen molar-refractivity contribution in [3.63, 3.8) is 0 Å². The van der Waals surface area contributed by atoms with Crippen LogP contribution in [0.15, 0.2) is 47.5 Å². The summed E-state index contributed by atoms with van der Waals surface area (Å²) in [4.78, 5) is 15.9. The second-order valence-corrected chi connectivity index (χ2v) is 6.48.